The number of aliphatic hydroxyl groups excluding tert-OH is 1. The average Bonchev–Trinajstić information content (AvgIpc) is 3.24. The quantitative estimate of drug-likeness (QED) is 0.152. The fourth-order valence-corrected chi connectivity index (χ4v) is 10.0. The van der Waals surface area contributed by atoms with Gasteiger partial charge in [-0.15, -0.1) is 0 Å². The Balaban J connectivity index is 1.31. The fourth-order valence-electron chi connectivity index (χ4n) is 10.0. The van der Waals surface area contributed by atoms with Crippen molar-refractivity contribution in [3.05, 3.63) is 58.4 Å². The highest BCUT2D eigenvalue weighted by Crippen LogP contribution is 2.50. The number of ether oxygens (including phenoxy) is 8. The molecule has 12 heteroatoms. The second-order valence-corrected chi connectivity index (χ2v) is 16.4. The van der Waals surface area contributed by atoms with Crippen molar-refractivity contribution in [1.29, 1.82) is 0 Å². The Labute approximate surface area is 346 Å². The van der Waals surface area contributed by atoms with Gasteiger partial charge in [0.25, 0.3) is 5.91 Å². The number of amides is 1. The van der Waals surface area contributed by atoms with Gasteiger partial charge < -0.3 is 47.9 Å². The first-order valence-electron chi connectivity index (χ1n) is 21.5. The summed E-state index contributed by atoms with van der Waals surface area (Å²) >= 11 is 0. The van der Waals surface area contributed by atoms with Crippen LogP contribution >= 0.6 is 0 Å². The van der Waals surface area contributed by atoms with E-state index in [4.69, 9.17) is 43.0 Å². The Morgan fingerprint density at radius 3 is 2.07 bits per heavy atom. The zero-order valence-corrected chi connectivity index (χ0v) is 36.1. The summed E-state index contributed by atoms with van der Waals surface area (Å²) < 4.78 is 47.2. The number of hydrogen-bond donors (Lipinski definition) is 1. The Bertz CT molecular complexity index is 1700. The topological polar surface area (TPSA) is 118 Å². The molecule has 0 radical (unpaired) electrons. The number of nitrogens with zero attached hydrogens (tertiary/aromatic N) is 2. The molecule has 0 aliphatic carbocycles. The third-order valence-corrected chi connectivity index (χ3v) is 13.0. The predicted octanol–water partition coefficient (Wildman–Crippen LogP) is 6.76. The first-order chi connectivity index (χ1) is 28.2. The summed E-state index contributed by atoms with van der Waals surface area (Å²) in [6, 6.07) is 8.61. The second-order valence-electron chi connectivity index (χ2n) is 16.4. The number of piperidine rings is 1. The summed E-state index contributed by atoms with van der Waals surface area (Å²) in [6.07, 6.45) is 6.75. The molecule has 0 aromatic heterocycles. The van der Waals surface area contributed by atoms with Crippen molar-refractivity contribution in [1.82, 2.24) is 9.80 Å². The van der Waals surface area contributed by atoms with Crippen LogP contribution in [-0.2, 0) is 36.6 Å². The molecule has 12 nitrogen and oxygen atoms in total. The van der Waals surface area contributed by atoms with Gasteiger partial charge in [0.1, 0.15) is 0 Å². The van der Waals surface area contributed by atoms with Gasteiger partial charge >= 0.3 is 0 Å². The maximum Gasteiger partial charge on any atom is 0.289 e. The van der Waals surface area contributed by atoms with Gasteiger partial charge in [0.15, 0.2) is 28.8 Å². The zero-order chi connectivity index (χ0) is 41.3. The Hall–Kier alpha value is -3.55. The highest BCUT2D eigenvalue weighted by Gasteiger charge is 2.45. The normalized spacial score (nSPS) is 25.6. The molecule has 2 aromatic carbocycles. The van der Waals surface area contributed by atoms with Gasteiger partial charge in [0.05, 0.1) is 60.9 Å². The lowest BCUT2D eigenvalue weighted by Gasteiger charge is -2.49. The van der Waals surface area contributed by atoms with E-state index >= 15 is 4.79 Å². The van der Waals surface area contributed by atoms with E-state index in [1.807, 2.05) is 6.92 Å². The minimum Gasteiger partial charge on any atom is -0.493 e. The van der Waals surface area contributed by atoms with Crippen molar-refractivity contribution in [2.75, 3.05) is 87.7 Å². The van der Waals surface area contributed by atoms with Crippen molar-refractivity contribution in [2.24, 2.45) is 29.6 Å². The smallest absolute Gasteiger partial charge is 0.289 e. The summed E-state index contributed by atoms with van der Waals surface area (Å²) in [5.41, 5.74) is 4.95. The molecule has 322 valence electrons. The summed E-state index contributed by atoms with van der Waals surface area (Å²) in [5, 5.41) is 8.99. The second kappa shape index (κ2) is 20.6. The maximum atomic E-state index is 15.1. The van der Waals surface area contributed by atoms with E-state index in [2.05, 4.69) is 60.9 Å². The first kappa shape index (κ1) is 44.0. The molecule has 1 fully saturated rings. The van der Waals surface area contributed by atoms with E-state index < -0.39 is 6.29 Å². The molecule has 0 unspecified atom stereocenters. The van der Waals surface area contributed by atoms with Gasteiger partial charge in [-0.3, -0.25) is 9.69 Å². The Morgan fingerprint density at radius 2 is 1.45 bits per heavy atom. The van der Waals surface area contributed by atoms with E-state index in [1.165, 1.54) is 16.7 Å². The van der Waals surface area contributed by atoms with E-state index in [-0.39, 0.29) is 42.4 Å². The van der Waals surface area contributed by atoms with Gasteiger partial charge in [-0.05, 0) is 115 Å². The SMILES string of the molecule is CCO[C@H]1OC(C(=O)N2CCc3cc(OC)c(OC)cc3[C@H]2C[C@H]2C[C@H]3c4cc(OC)c(OC)cc4CCN3C[C@@H]2CC)=C[C@@H](C(C)C)[C@@H]1CCOCCOCCO. The van der Waals surface area contributed by atoms with Crippen molar-refractivity contribution < 1.29 is 47.8 Å². The van der Waals surface area contributed by atoms with Crippen LogP contribution in [0.15, 0.2) is 36.1 Å². The molecule has 4 aliphatic rings. The molecule has 1 amide bonds. The lowest BCUT2D eigenvalue weighted by Crippen LogP contribution is -2.48. The first-order valence-corrected chi connectivity index (χ1v) is 21.5. The number of allylic oxidation sites excluding steroid dienone is 1. The molecular weight excluding hydrogens is 741 g/mol. The van der Waals surface area contributed by atoms with Crippen LogP contribution in [0.1, 0.15) is 87.7 Å². The summed E-state index contributed by atoms with van der Waals surface area (Å²) in [5.74, 6) is 4.31. The van der Waals surface area contributed by atoms with Gasteiger partial charge in [-0.2, -0.15) is 0 Å². The van der Waals surface area contributed by atoms with Gasteiger partial charge in [0, 0.05) is 44.8 Å². The molecule has 4 aliphatic heterocycles. The van der Waals surface area contributed by atoms with Crippen LogP contribution in [0.4, 0.5) is 0 Å². The molecule has 7 atom stereocenters. The van der Waals surface area contributed by atoms with E-state index in [1.54, 1.807) is 28.4 Å². The number of rotatable bonds is 19. The third kappa shape index (κ3) is 9.57. The Morgan fingerprint density at radius 1 is 0.828 bits per heavy atom. The van der Waals surface area contributed by atoms with Crippen LogP contribution in [0.3, 0.4) is 0 Å². The lowest BCUT2D eigenvalue weighted by atomic mass is 9.72. The molecule has 1 N–H and O–H groups in total. The lowest BCUT2D eigenvalue weighted by molar-refractivity contribution is -0.181. The van der Waals surface area contributed by atoms with Crippen molar-refractivity contribution in [3.63, 3.8) is 0 Å². The molecule has 0 bridgehead atoms. The number of fused-ring (bicyclic) bond motifs is 4. The number of hydrogen-bond acceptors (Lipinski definition) is 11. The number of aliphatic hydroxyl groups is 1. The third-order valence-electron chi connectivity index (χ3n) is 13.0. The monoisotopic (exact) mass is 808 g/mol. The van der Waals surface area contributed by atoms with Crippen LogP contribution in [0, 0.1) is 29.6 Å². The van der Waals surface area contributed by atoms with Gasteiger partial charge in [-0.25, -0.2) is 0 Å². The van der Waals surface area contributed by atoms with Crippen LogP contribution < -0.4 is 18.9 Å². The maximum absolute atomic E-state index is 15.1. The minimum atomic E-state index is -0.578. The van der Waals surface area contributed by atoms with Gasteiger partial charge in [0.2, 0.25) is 6.29 Å². The number of carbonyl (C=O) groups is 1. The van der Waals surface area contributed by atoms with E-state index in [0.717, 1.165) is 55.8 Å². The molecular formula is C46H68N2O10. The molecule has 0 saturated carbocycles. The Kier molecular flexibility index (Phi) is 15.6. The molecule has 1 saturated heterocycles. The van der Waals surface area contributed by atoms with E-state index in [0.29, 0.717) is 81.5 Å². The standard InChI is InChI=1S/C46H68N2O10/c1-9-30-28-47-14-11-31-23-40(51-5)42(53-7)26-36(31)38(47)21-33(30)22-39-37-27-43(54-8)41(52-6)24-32(37)12-15-48(39)45(50)44-25-35(29(3)4)34(46(58-44)57-10-2)13-17-55-19-20-56-18-16-49/h23-27,29-30,33-35,38-39,46,49H,9-22,28H2,1-8H3/t30-,33+,34-,35-,38-,39+,46-/m0/s1. The van der Waals surface area contributed by atoms with Crippen molar-refractivity contribution in [3.8, 4) is 23.0 Å². The highest BCUT2D eigenvalue weighted by molar-refractivity contribution is 5.92. The van der Waals surface area contributed by atoms with Crippen LogP contribution in [-0.4, -0.2) is 115 Å². The molecule has 0 spiro atoms. The highest BCUT2D eigenvalue weighted by atomic mass is 16.7. The number of benzene rings is 2. The molecule has 2 aromatic rings. The molecule has 58 heavy (non-hydrogen) atoms. The average molecular weight is 809 g/mol. The van der Waals surface area contributed by atoms with Crippen LogP contribution in [0.25, 0.3) is 0 Å². The molecule has 4 heterocycles. The number of carbonyl (C=O) groups excluding carboxylic acids is 1. The minimum absolute atomic E-state index is 0.00701. The van der Waals surface area contributed by atoms with Crippen molar-refractivity contribution >= 4 is 5.91 Å². The largest absolute Gasteiger partial charge is 0.493 e. The van der Waals surface area contributed by atoms with E-state index in [9.17, 15) is 0 Å². The van der Waals surface area contributed by atoms with Crippen LogP contribution in [0.5, 0.6) is 23.0 Å². The summed E-state index contributed by atoms with van der Waals surface area (Å²) in [6.45, 7) is 13.4. The summed E-state index contributed by atoms with van der Waals surface area (Å²) in [7, 11) is 6.75. The zero-order valence-electron chi connectivity index (χ0n) is 36.1. The van der Waals surface area contributed by atoms with Gasteiger partial charge in [-0.1, -0.05) is 27.2 Å². The fraction of sp³-hybridized carbons (Fsp3) is 0.674. The molecule has 6 rings (SSSR count). The van der Waals surface area contributed by atoms with Crippen LogP contribution in [0.2, 0.25) is 0 Å². The predicted molar refractivity (Wildman–Crippen MR) is 222 cm³/mol. The van der Waals surface area contributed by atoms with Crippen molar-refractivity contribution in [2.45, 2.75) is 84.6 Å². The summed E-state index contributed by atoms with van der Waals surface area (Å²) in [4.78, 5) is 19.8. The number of methoxy groups -OCH3 is 4.